The summed E-state index contributed by atoms with van der Waals surface area (Å²) in [5.41, 5.74) is 1.11. The predicted octanol–water partition coefficient (Wildman–Crippen LogP) is 4.07. The average Bonchev–Trinajstić information content (AvgIpc) is 2.33. The fraction of sp³-hybridized carbons (Fsp3) is 0.600. The standard InChI is InChI=1S/C15H20BrNO2/c1-9(2)10-5-11(6-10)17-13-8-15-14(7-12(13)16)18-3-4-19-15/h7-11,17H,3-6H2,1-2H3. The Bertz CT molecular complexity index is 469. The molecule has 3 nitrogen and oxygen atoms in total. The maximum atomic E-state index is 5.63. The number of nitrogens with one attached hydrogen (secondary N) is 1. The molecule has 0 unspecified atom stereocenters. The number of hydrogen-bond donors (Lipinski definition) is 1. The molecule has 1 N–H and O–H groups in total. The Morgan fingerprint density at radius 1 is 1.16 bits per heavy atom. The lowest BCUT2D eigenvalue weighted by Crippen LogP contribution is -2.38. The number of ether oxygens (including phenoxy) is 2. The van der Waals surface area contributed by atoms with Gasteiger partial charge in [0.1, 0.15) is 13.2 Å². The first-order valence-corrected chi connectivity index (χ1v) is 7.78. The molecule has 0 spiro atoms. The normalized spacial score (nSPS) is 25.1. The summed E-state index contributed by atoms with van der Waals surface area (Å²) in [6, 6.07) is 4.63. The van der Waals surface area contributed by atoms with Gasteiger partial charge >= 0.3 is 0 Å². The third-order valence-electron chi connectivity index (χ3n) is 4.11. The van der Waals surface area contributed by atoms with E-state index in [0.29, 0.717) is 19.3 Å². The van der Waals surface area contributed by atoms with Crippen molar-refractivity contribution in [2.45, 2.75) is 32.7 Å². The van der Waals surface area contributed by atoms with E-state index in [9.17, 15) is 0 Å². The highest BCUT2D eigenvalue weighted by molar-refractivity contribution is 9.10. The largest absolute Gasteiger partial charge is 0.486 e. The number of benzene rings is 1. The van der Waals surface area contributed by atoms with Gasteiger partial charge in [-0.3, -0.25) is 0 Å². The Kier molecular flexibility index (Phi) is 3.61. The van der Waals surface area contributed by atoms with Crippen LogP contribution in [-0.2, 0) is 0 Å². The number of rotatable bonds is 3. The highest BCUT2D eigenvalue weighted by atomic mass is 79.9. The number of hydrogen-bond acceptors (Lipinski definition) is 3. The van der Waals surface area contributed by atoms with Crippen molar-refractivity contribution in [2.75, 3.05) is 18.5 Å². The minimum atomic E-state index is 0.589. The van der Waals surface area contributed by atoms with Gasteiger partial charge in [-0.1, -0.05) is 13.8 Å². The fourth-order valence-corrected chi connectivity index (χ4v) is 3.16. The molecule has 1 fully saturated rings. The SMILES string of the molecule is CC(C)C1CC(Nc2cc3c(cc2Br)OCCO3)C1. The van der Waals surface area contributed by atoms with Crippen LogP contribution in [0.3, 0.4) is 0 Å². The average molecular weight is 326 g/mol. The fourth-order valence-electron chi connectivity index (χ4n) is 2.72. The lowest BCUT2D eigenvalue weighted by atomic mass is 9.73. The van der Waals surface area contributed by atoms with E-state index < -0.39 is 0 Å². The van der Waals surface area contributed by atoms with E-state index in [0.717, 1.165) is 33.5 Å². The van der Waals surface area contributed by atoms with Crippen molar-refractivity contribution in [1.82, 2.24) is 0 Å². The molecule has 0 atom stereocenters. The summed E-state index contributed by atoms with van der Waals surface area (Å²) in [7, 11) is 0. The lowest BCUT2D eigenvalue weighted by Gasteiger charge is -2.39. The first-order valence-electron chi connectivity index (χ1n) is 6.99. The smallest absolute Gasteiger partial charge is 0.163 e. The first kappa shape index (κ1) is 13.1. The number of fused-ring (bicyclic) bond motifs is 1. The van der Waals surface area contributed by atoms with Gasteiger partial charge < -0.3 is 14.8 Å². The second kappa shape index (κ2) is 5.23. The van der Waals surface area contributed by atoms with E-state index >= 15 is 0 Å². The molecule has 104 valence electrons. The summed E-state index contributed by atoms with van der Waals surface area (Å²) in [5.74, 6) is 3.34. The second-order valence-corrected chi connectivity index (χ2v) is 6.65. The molecule has 0 bridgehead atoms. The lowest BCUT2D eigenvalue weighted by molar-refractivity contribution is 0.171. The quantitative estimate of drug-likeness (QED) is 0.908. The summed E-state index contributed by atoms with van der Waals surface area (Å²) in [4.78, 5) is 0. The minimum absolute atomic E-state index is 0.589. The molecular formula is C15H20BrNO2. The van der Waals surface area contributed by atoms with Crippen LogP contribution in [0.5, 0.6) is 11.5 Å². The topological polar surface area (TPSA) is 30.5 Å². The van der Waals surface area contributed by atoms with Crippen molar-refractivity contribution < 1.29 is 9.47 Å². The van der Waals surface area contributed by atoms with Gasteiger partial charge in [0.25, 0.3) is 0 Å². The van der Waals surface area contributed by atoms with E-state index in [4.69, 9.17) is 9.47 Å². The Morgan fingerprint density at radius 2 is 1.79 bits per heavy atom. The Balaban J connectivity index is 1.68. The maximum Gasteiger partial charge on any atom is 0.163 e. The summed E-state index contributed by atoms with van der Waals surface area (Å²) < 4.78 is 12.2. The van der Waals surface area contributed by atoms with Crippen LogP contribution in [0.2, 0.25) is 0 Å². The molecule has 1 aliphatic heterocycles. The van der Waals surface area contributed by atoms with Crippen molar-refractivity contribution in [3.05, 3.63) is 16.6 Å². The molecular weight excluding hydrogens is 306 g/mol. The maximum absolute atomic E-state index is 5.63. The number of halogens is 1. The Hall–Kier alpha value is -0.900. The summed E-state index contributed by atoms with van der Waals surface area (Å²) in [6.07, 6.45) is 2.52. The van der Waals surface area contributed by atoms with E-state index in [-0.39, 0.29) is 0 Å². The van der Waals surface area contributed by atoms with E-state index in [2.05, 4.69) is 35.1 Å². The molecule has 19 heavy (non-hydrogen) atoms. The van der Waals surface area contributed by atoms with Crippen LogP contribution >= 0.6 is 15.9 Å². The van der Waals surface area contributed by atoms with Crippen LogP contribution in [0.1, 0.15) is 26.7 Å². The van der Waals surface area contributed by atoms with Gasteiger partial charge in [0, 0.05) is 22.6 Å². The molecule has 0 aromatic heterocycles. The zero-order chi connectivity index (χ0) is 13.4. The summed E-state index contributed by atoms with van der Waals surface area (Å²) >= 11 is 3.60. The molecule has 1 aliphatic carbocycles. The molecule has 0 saturated heterocycles. The highest BCUT2D eigenvalue weighted by Crippen LogP contribution is 2.41. The molecule has 1 aromatic rings. The monoisotopic (exact) mass is 325 g/mol. The van der Waals surface area contributed by atoms with Crippen LogP contribution < -0.4 is 14.8 Å². The van der Waals surface area contributed by atoms with Crippen molar-refractivity contribution >= 4 is 21.6 Å². The van der Waals surface area contributed by atoms with Crippen LogP contribution in [0.4, 0.5) is 5.69 Å². The van der Waals surface area contributed by atoms with Gasteiger partial charge in [-0.2, -0.15) is 0 Å². The molecule has 0 amide bonds. The molecule has 1 heterocycles. The van der Waals surface area contributed by atoms with Gasteiger partial charge in [-0.05, 0) is 40.6 Å². The zero-order valence-electron chi connectivity index (χ0n) is 11.4. The molecule has 3 rings (SSSR count). The predicted molar refractivity (Wildman–Crippen MR) is 80.1 cm³/mol. The van der Waals surface area contributed by atoms with Crippen molar-refractivity contribution in [1.29, 1.82) is 0 Å². The highest BCUT2D eigenvalue weighted by Gasteiger charge is 2.31. The molecule has 4 heteroatoms. The van der Waals surface area contributed by atoms with Crippen LogP contribution in [0.15, 0.2) is 16.6 Å². The minimum Gasteiger partial charge on any atom is -0.486 e. The van der Waals surface area contributed by atoms with E-state index in [1.807, 2.05) is 12.1 Å². The number of anilines is 1. The third-order valence-corrected chi connectivity index (χ3v) is 4.76. The second-order valence-electron chi connectivity index (χ2n) is 5.79. The molecule has 1 aromatic carbocycles. The third kappa shape index (κ3) is 2.69. The molecule has 1 saturated carbocycles. The van der Waals surface area contributed by atoms with Gasteiger partial charge in [-0.15, -0.1) is 0 Å². The van der Waals surface area contributed by atoms with Gasteiger partial charge in [0.15, 0.2) is 11.5 Å². The van der Waals surface area contributed by atoms with Crippen LogP contribution in [-0.4, -0.2) is 19.3 Å². The van der Waals surface area contributed by atoms with E-state index in [1.54, 1.807) is 0 Å². The van der Waals surface area contributed by atoms with Gasteiger partial charge in [0.2, 0.25) is 0 Å². The van der Waals surface area contributed by atoms with Gasteiger partial charge in [-0.25, -0.2) is 0 Å². The zero-order valence-corrected chi connectivity index (χ0v) is 13.0. The Morgan fingerprint density at radius 3 is 2.42 bits per heavy atom. The van der Waals surface area contributed by atoms with Crippen molar-refractivity contribution in [3.63, 3.8) is 0 Å². The van der Waals surface area contributed by atoms with Crippen molar-refractivity contribution in [2.24, 2.45) is 11.8 Å². The summed E-state index contributed by atoms with van der Waals surface area (Å²) in [5, 5.41) is 3.60. The summed E-state index contributed by atoms with van der Waals surface area (Å²) in [6.45, 7) is 5.87. The van der Waals surface area contributed by atoms with Crippen LogP contribution in [0, 0.1) is 11.8 Å². The van der Waals surface area contributed by atoms with E-state index in [1.165, 1.54) is 12.8 Å². The van der Waals surface area contributed by atoms with Crippen molar-refractivity contribution in [3.8, 4) is 11.5 Å². The first-order chi connectivity index (χ1) is 9.13. The van der Waals surface area contributed by atoms with Crippen LogP contribution in [0.25, 0.3) is 0 Å². The van der Waals surface area contributed by atoms with Gasteiger partial charge in [0.05, 0.1) is 5.69 Å². The Labute approximate surface area is 122 Å². The molecule has 0 radical (unpaired) electrons. The molecule has 2 aliphatic rings.